The third-order valence-electron chi connectivity index (χ3n) is 1.30. The fourth-order valence-electron chi connectivity index (χ4n) is 0.287. The van der Waals surface area contributed by atoms with Crippen LogP contribution in [-0.4, -0.2) is 0 Å². The summed E-state index contributed by atoms with van der Waals surface area (Å²) in [7, 11) is 0. The van der Waals surface area contributed by atoms with Crippen molar-refractivity contribution in [1.82, 2.24) is 0 Å². The quantitative estimate of drug-likeness (QED) is 0.570. The molecule has 0 aliphatic rings. The summed E-state index contributed by atoms with van der Waals surface area (Å²) in [5.74, 6) is 0. The summed E-state index contributed by atoms with van der Waals surface area (Å²) in [4.78, 5) is 15.0. The summed E-state index contributed by atoms with van der Waals surface area (Å²) >= 11 is -6.67. The minimum atomic E-state index is -6.67. The molecule has 0 bridgehead atoms. The molecular formula is C5CrN6O. The molecule has 0 spiro atoms. The van der Waals surface area contributed by atoms with Gasteiger partial charge in [-0.1, -0.05) is 0 Å². The topological polar surface area (TPSA) is 148 Å². The predicted molar refractivity (Wildman–Crippen MR) is 33.9 cm³/mol. The van der Waals surface area contributed by atoms with Crippen LogP contribution in [0.2, 0.25) is 0 Å². The fourth-order valence-corrected chi connectivity index (χ4v) is 1.19. The van der Waals surface area contributed by atoms with Crippen molar-refractivity contribution in [3.63, 3.8) is 0 Å². The Bertz CT molecular complexity index is 393. The van der Waals surface area contributed by atoms with Gasteiger partial charge in [0.05, 0.1) is 0 Å². The Morgan fingerprint density at radius 2 is 1.00 bits per heavy atom. The summed E-state index contributed by atoms with van der Waals surface area (Å²) in [6.07, 6.45) is 0. The number of hydrogen-bond donors (Lipinski definition) is 0. The molecule has 0 saturated heterocycles. The average molecular weight is 212 g/mol. The molecule has 7 nitrogen and oxygen atoms in total. The molecule has 0 aliphatic heterocycles. The van der Waals surface area contributed by atoms with Crippen LogP contribution in [0.1, 0.15) is 0 Å². The van der Waals surface area contributed by atoms with Crippen molar-refractivity contribution in [2.45, 2.75) is 0 Å². The van der Waals surface area contributed by atoms with Crippen LogP contribution in [-0.2, 0) is 11.2 Å². The first-order chi connectivity index (χ1) is 5.97. The molecule has 62 valence electrons. The molecule has 0 aromatic carbocycles. The molecule has 0 rings (SSSR count). The molecule has 13 heavy (non-hydrogen) atoms. The Morgan fingerprint density at radius 1 is 0.769 bits per heavy atom. The van der Waals surface area contributed by atoms with Crippen LogP contribution in [0.5, 0.6) is 0 Å². The van der Waals surface area contributed by atoms with Crippen molar-refractivity contribution in [3.05, 3.63) is 4.91 Å². The van der Waals surface area contributed by atoms with Crippen LogP contribution in [0.4, 0.5) is 0 Å². The van der Waals surface area contributed by atoms with Crippen LogP contribution < -0.4 is 0 Å². The Kier molecular flexibility index (Phi) is 1.66. The van der Waals surface area contributed by atoms with Gasteiger partial charge in [0.2, 0.25) is 0 Å². The maximum atomic E-state index is 10.3. The van der Waals surface area contributed by atoms with Gasteiger partial charge >= 0.3 is 71.2 Å². The van der Waals surface area contributed by atoms with Crippen LogP contribution in [0.15, 0.2) is 4.16 Å². The van der Waals surface area contributed by atoms with Crippen molar-refractivity contribution in [2.24, 2.45) is 4.16 Å². The summed E-state index contributed by atoms with van der Waals surface area (Å²) in [5.41, 5.74) is 0. The van der Waals surface area contributed by atoms with Gasteiger partial charge < -0.3 is 0 Å². The summed E-state index contributed by atoms with van der Waals surface area (Å²) in [5, 5.41) is 42.6. The molecule has 0 unspecified atom stereocenters. The molecule has 0 heterocycles. The van der Waals surface area contributed by atoms with Gasteiger partial charge in [-0.3, -0.25) is 0 Å². The van der Waals surface area contributed by atoms with E-state index in [0.29, 0.717) is 0 Å². The van der Waals surface area contributed by atoms with E-state index in [2.05, 4.69) is 0 Å². The van der Waals surface area contributed by atoms with E-state index < -0.39 is 11.2 Å². The Labute approximate surface area is 71.7 Å². The van der Waals surface area contributed by atoms with Gasteiger partial charge in [0.1, 0.15) is 0 Å². The molecule has 0 aromatic rings. The minimum absolute atomic E-state index is 0.934. The third kappa shape index (κ3) is 0.724. The van der Waals surface area contributed by atoms with Gasteiger partial charge in [-0.2, -0.15) is 0 Å². The second-order valence-corrected chi connectivity index (χ2v) is 8.28. The van der Waals surface area contributed by atoms with Gasteiger partial charge in [0.15, 0.2) is 0 Å². The van der Waals surface area contributed by atoms with Crippen molar-refractivity contribution < 1.29 is 11.2 Å². The van der Waals surface area contributed by atoms with Crippen molar-refractivity contribution in [2.75, 3.05) is 0 Å². The zero-order valence-electron chi connectivity index (χ0n) is 6.00. The first-order valence-electron chi connectivity index (χ1n) is 2.50. The first-order valence-corrected chi connectivity index (χ1v) is 6.26. The van der Waals surface area contributed by atoms with Crippen molar-refractivity contribution in [1.29, 1.82) is 26.3 Å². The molecule has 0 atom stereocenters. The monoisotopic (exact) mass is 212 g/mol. The van der Waals surface area contributed by atoms with E-state index in [-0.39, 0.29) is 0 Å². The molecule has 0 amide bonds. The second-order valence-electron chi connectivity index (χ2n) is 2.01. The molecule has 0 N–H and O–H groups in total. The Balaban J connectivity index is 6.85. The molecular weight excluding hydrogens is 212 g/mol. The standard InChI is InChI=1S/5CN.Cr.NO/c5*1-2;;1-2/q;;;;;+1;-1. The van der Waals surface area contributed by atoms with E-state index in [1.54, 1.807) is 0 Å². The maximum absolute atomic E-state index is 10.3. The number of nitrogens with zero attached hydrogens (tertiary/aromatic N) is 6. The second kappa shape index (κ2) is 2.04. The number of hydrogen-bond acceptors (Lipinski definition) is 7. The number of nitroso groups, excluding NO2 is 1. The Morgan fingerprint density at radius 3 is 1.00 bits per heavy atom. The van der Waals surface area contributed by atoms with E-state index in [4.69, 9.17) is 26.3 Å². The molecule has 0 aromatic heterocycles. The van der Waals surface area contributed by atoms with Gasteiger partial charge in [-0.05, 0) is 0 Å². The first kappa shape index (κ1) is 10.6. The molecule has 0 saturated carbocycles. The van der Waals surface area contributed by atoms with Crippen LogP contribution in [0.3, 0.4) is 0 Å². The SMILES string of the molecule is N#[C][Cr]([C]#N)([C]#N)([C]#N)([C]#N)[N]=O. The van der Waals surface area contributed by atoms with Crippen molar-refractivity contribution >= 4 is 0 Å². The Hall–Kier alpha value is -2.42. The van der Waals surface area contributed by atoms with Crippen molar-refractivity contribution in [3.8, 4) is 24.7 Å². The van der Waals surface area contributed by atoms with E-state index in [0.717, 1.165) is 24.7 Å². The zero-order chi connectivity index (χ0) is 10.7. The number of nitriles is 5. The van der Waals surface area contributed by atoms with Gasteiger partial charge in [0, 0.05) is 0 Å². The normalized spacial score (nSPS) is 13.8. The average Bonchev–Trinajstić information content (AvgIpc) is 2.26. The van der Waals surface area contributed by atoms with Crippen LogP contribution >= 0.6 is 0 Å². The van der Waals surface area contributed by atoms with E-state index in [1.165, 1.54) is 0 Å². The number of rotatable bonds is 1. The van der Waals surface area contributed by atoms with Gasteiger partial charge in [-0.15, -0.1) is 0 Å². The van der Waals surface area contributed by atoms with Gasteiger partial charge in [0.25, 0.3) is 0 Å². The third-order valence-corrected chi connectivity index (χ3v) is 5.37. The van der Waals surface area contributed by atoms with E-state index in [9.17, 15) is 4.91 Å². The zero-order valence-corrected chi connectivity index (χ0v) is 7.27. The van der Waals surface area contributed by atoms with E-state index in [1.807, 2.05) is 4.16 Å². The summed E-state index contributed by atoms with van der Waals surface area (Å²) in [6, 6.07) is 0. The molecule has 0 fully saturated rings. The fraction of sp³-hybridized carbons (Fsp3) is 0. The van der Waals surface area contributed by atoms with Gasteiger partial charge in [-0.25, -0.2) is 0 Å². The summed E-state index contributed by atoms with van der Waals surface area (Å²) in [6.45, 7) is 0. The molecule has 8 heteroatoms. The molecule has 0 aliphatic carbocycles. The van der Waals surface area contributed by atoms with E-state index >= 15 is 0 Å². The van der Waals surface area contributed by atoms with Crippen LogP contribution in [0.25, 0.3) is 0 Å². The van der Waals surface area contributed by atoms with Crippen LogP contribution in [0, 0.1) is 55.9 Å². The summed E-state index contributed by atoms with van der Waals surface area (Å²) < 4.78 is 1.99. The molecule has 0 radical (unpaired) electrons. The predicted octanol–water partition coefficient (Wildman–Crippen LogP) is 0.298.